The van der Waals surface area contributed by atoms with E-state index in [9.17, 15) is 17.6 Å². The van der Waals surface area contributed by atoms with Gasteiger partial charge in [-0.3, -0.25) is 0 Å². The van der Waals surface area contributed by atoms with Crippen molar-refractivity contribution in [1.29, 1.82) is 0 Å². The van der Waals surface area contributed by atoms with E-state index in [2.05, 4.69) is 30.9 Å². The Morgan fingerprint density at radius 3 is 2.30 bits per heavy atom. The lowest BCUT2D eigenvalue weighted by molar-refractivity contribution is -0.166. The average Bonchev–Trinajstić information content (AvgIpc) is 2.69. The lowest BCUT2D eigenvalue weighted by Crippen LogP contribution is -2.20. The number of benzene rings is 2. The van der Waals surface area contributed by atoms with Crippen LogP contribution < -0.4 is 9.47 Å². The molecule has 9 heteroatoms. The van der Waals surface area contributed by atoms with Gasteiger partial charge in [0.1, 0.15) is 23.6 Å². The summed E-state index contributed by atoms with van der Waals surface area (Å²) in [5.74, 6) is 0.600. The summed E-state index contributed by atoms with van der Waals surface area (Å²) in [5.41, 5.74) is 1.01. The van der Waals surface area contributed by atoms with Crippen LogP contribution in [0.15, 0.2) is 58.8 Å². The van der Waals surface area contributed by atoms with E-state index in [-0.39, 0.29) is 5.75 Å². The SMILES string of the molecule is FC(CC(F)(F)F)Oc1ccc(N=Nc2ccccc2OCCCCCCBr)cc1. The first-order valence-corrected chi connectivity index (χ1v) is 10.7. The number of unbranched alkanes of at least 4 members (excludes halogenated alkanes) is 3. The van der Waals surface area contributed by atoms with E-state index in [1.807, 2.05) is 18.2 Å². The van der Waals surface area contributed by atoms with Crippen LogP contribution in [0.1, 0.15) is 32.1 Å². The van der Waals surface area contributed by atoms with Gasteiger partial charge in [0.25, 0.3) is 0 Å². The largest absolute Gasteiger partial charge is 0.491 e. The molecule has 0 aromatic heterocycles. The zero-order valence-corrected chi connectivity index (χ0v) is 17.8. The number of hydrogen-bond acceptors (Lipinski definition) is 4. The van der Waals surface area contributed by atoms with Gasteiger partial charge in [0.15, 0.2) is 0 Å². The number of para-hydroxylation sites is 1. The van der Waals surface area contributed by atoms with E-state index >= 15 is 0 Å². The second-order valence-corrected chi connectivity index (χ2v) is 7.25. The maximum Gasteiger partial charge on any atom is 0.395 e. The molecular formula is C21H23BrF4N2O2. The predicted octanol–water partition coefficient (Wildman–Crippen LogP) is 8.06. The van der Waals surface area contributed by atoms with Crippen molar-refractivity contribution in [3.8, 4) is 11.5 Å². The average molecular weight is 491 g/mol. The molecular weight excluding hydrogens is 468 g/mol. The summed E-state index contributed by atoms with van der Waals surface area (Å²) in [4.78, 5) is 0. The van der Waals surface area contributed by atoms with Crippen LogP contribution in [-0.4, -0.2) is 24.5 Å². The Hall–Kier alpha value is -2.16. The van der Waals surface area contributed by atoms with Gasteiger partial charge in [-0.15, -0.1) is 5.11 Å². The molecule has 0 bridgehead atoms. The van der Waals surface area contributed by atoms with Crippen molar-refractivity contribution in [3.63, 3.8) is 0 Å². The second kappa shape index (κ2) is 12.5. The van der Waals surface area contributed by atoms with Gasteiger partial charge in [-0.25, -0.2) is 4.39 Å². The first kappa shape index (κ1) is 24.1. The van der Waals surface area contributed by atoms with Crippen LogP contribution in [-0.2, 0) is 0 Å². The zero-order valence-electron chi connectivity index (χ0n) is 16.2. The standard InChI is InChI=1S/C21H23BrF4N2O2/c22-13-5-1-2-6-14-29-19-8-4-3-7-18(19)28-27-16-9-11-17(12-10-16)30-20(23)15-21(24,25)26/h3-4,7-12,20H,1-2,5-6,13-15H2. The van der Waals surface area contributed by atoms with Crippen molar-refractivity contribution in [1.82, 2.24) is 0 Å². The highest BCUT2D eigenvalue weighted by Crippen LogP contribution is 2.30. The molecule has 164 valence electrons. The first-order valence-electron chi connectivity index (χ1n) is 9.54. The lowest BCUT2D eigenvalue weighted by atomic mass is 10.2. The summed E-state index contributed by atoms with van der Waals surface area (Å²) in [6.45, 7) is 0.586. The molecule has 1 atom stereocenters. The van der Waals surface area contributed by atoms with Crippen LogP contribution in [0.3, 0.4) is 0 Å². The predicted molar refractivity (Wildman–Crippen MR) is 111 cm³/mol. The maximum atomic E-state index is 13.3. The van der Waals surface area contributed by atoms with Crippen molar-refractivity contribution in [2.75, 3.05) is 11.9 Å². The van der Waals surface area contributed by atoms with Crippen molar-refractivity contribution in [2.24, 2.45) is 10.2 Å². The van der Waals surface area contributed by atoms with E-state index in [1.54, 1.807) is 6.07 Å². The molecule has 0 amide bonds. The molecule has 2 aromatic rings. The summed E-state index contributed by atoms with van der Waals surface area (Å²) in [6, 6.07) is 12.9. The van der Waals surface area contributed by atoms with Gasteiger partial charge in [-0.1, -0.05) is 40.9 Å². The molecule has 2 aromatic carbocycles. The van der Waals surface area contributed by atoms with Crippen molar-refractivity contribution < 1.29 is 27.0 Å². The molecule has 0 saturated carbocycles. The Morgan fingerprint density at radius 2 is 1.60 bits per heavy atom. The molecule has 0 aliphatic heterocycles. The molecule has 0 radical (unpaired) electrons. The van der Waals surface area contributed by atoms with E-state index in [0.29, 0.717) is 23.7 Å². The Balaban J connectivity index is 1.89. The molecule has 30 heavy (non-hydrogen) atoms. The molecule has 4 nitrogen and oxygen atoms in total. The molecule has 0 spiro atoms. The Labute approximate surface area is 181 Å². The van der Waals surface area contributed by atoms with E-state index < -0.39 is 19.0 Å². The van der Waals surface area contributed by atoms with Gasteiger partial charge in [0.2, 0.25) is 6.36 Å². The van der Waals surface area contributed by atoms with Crippen molar-refractivity contribution in [3.05, 3.63) is 48.5 Å². The number of alkyl halides is 5. The van der Waals surface area contributed by atoms with Crippen LogP contribution in [0.25, 0.3) is 0 Å². The third-order valence-corrected chi connectivity index (χ3v) is 4.48. The van der Waals surface area contributed by atoms with Gasteiger partial charge in [0.05, 0.1) is 12.3 Å². The molecule has 0 aliphatic rings. The molecule has 1 unspecified atom stereocenters. The topological polar surface area (TPSA) is 43.2 Å². The molecule has 0 aliphatic carbocycles. The summed E-state index contributed by atoms with van der Waals surface area (Å²) in [6.07, 6.45) is -4.42. The Morgan fingerprint density at radius 1 is 0.900 bits per heavy atom. The van der Waals surface area contributed by atoms with Crippen LogP contribution in [0, 0.1) is 0 Å². The molecule has 0 N–H and O–H groups in total. The van der Waals surface area contributed by atoms with Gasteiger partial charge in [-0.05, 0) is 49.2 Å². The zero-order chi connectivity index (χ0) is 21.8. The fourth-order valence-electron chi connectivity index (χ4n) is 2.47. The quantitative estimate of drug-likeness (QED) is 0.130. The monoisotopic (exact) mass is 490 g/mol. The highest BCUT2D eigenvalue weighted by Gasteiger charge is 2.33. The number of nitrogens with zero attached hydrogens (tertiary/aromatic N) is 2. The third-order valence-electron chi connectivity index (χ3n) is 3.92. The molecule has 2 rings (SSSR count). The Bertz CT molecular complexity index is 785. The summed E-state index contributed by atoms with van der Waals surface area (Å²) >= 11 is 3.41. The normalized spacial score (nSPS) is 12.8. The highest BCUT2D eigenvalue weighted by molar-refractivity contribution is 9.09. The number of ether oxygens (including phenoxy) is 2. The minimum atomic E-state index is -4.63. The van der Waals surface area contributed by atoms with Crippen molar-refractivity contribution >= 4 is 27.3 Å². The number of hydrogen-bond donors (Lipinski definition) is 0. The number of halogens is 5. The van der Waals surface area contributed by atoms with Gasteiger partial charge in [0, 0.05) is 5.33 Å². The summed E-state index contributed by atoms with van der Waals surface area (Å²) in [7, 11) is 0. The molecule has 0 fully saturated rings. The minimum absolute atomic E-state index is 0.0191. The highest BCUT2D eigenvalue weighted by atomic mass is 79.9. The van der Waals surface area contributed by atoms with Crippen LogP contribution >= 0.6 is 15.9 Å². The second-order valence-electron chi connectivity index (χ2n) is 6.46. The van der Waals surface area contributed by atoms with Crippen molar-refractivity contribution in [2.45, 2.75) is 44.6 Å². The van der Waals surface area contributed by atoms with Crippen LogP contribution in [0.4, 0.5) is 28.9 Å². The van der Waals surface area contributed by atoms with Crippen LogP contribution in [0.5, 0.6) is 11.5 Å². The van der Waals surface area contributed by atoms with Crippen LogP contribution in [0.2, 0.25) is 0 Å². The van der Waals surface area contributed by atoms with Gasteiger partial charge >= 0.3 is 6.18 Å². The minimum Gasteiger partial charge on any atom is -0.491 e. The fraction of sp³-hybridized carbons (Fsp3) is 0.429. The lowest BCUT2D eigenvalue weighted by Gasteiger charge is -2.13. The Kier molecular flexibility index (Phi) is 10.1. The third kappa shape index (κ3) is 9.56. The summed E-state index contributed by atoms with van der Waals surface area (Å²) < 4.78 is 60.2. The molecule has 0 heterocycles. The first-order chi connectivity index (χ1) is 14.4. The van der Waals surface area contributed by atoms with E-state index in [4.69, 9.17) is 4.74 Å². The fourth-order valence-corrected chi connectivity index (χ4v) is 2.86. The smallest absolute Gasteiger partial charge is 0.395 e. The van der Waals surface area contributed by atoms with Gasteiger partial charge in [-0.2, -0.15) is 18.3 Å². The number of azo groups is 1. The van der Waals surface area contributed by atoms with E-state index in [1.165, 1.54) is 24.3 Å². The van der Waals surface area contributed by atoms with Gasteiger partial charge < -0.3 is 9.47 Å². The maximum absolute atomic E-state index is 13.3. The van der Waals surface area contributed by atoms with E-state index in [0.717, 1.165) is 31.0 Å². The molecule has 0 saturated heterocycles. The summed E-state index contributed by atoms with van der Waals surface area (Å²) in [5, 5.41) is 9.28. The number of rotatable bonds is 12.